The molecule has 0 saturated heterocycles. The van der Waals surface area contributed by atoms with Crippen LogP contribution in [0.2, 0.25) is 5.02 Å². The maximum Gasteiger partial charge on any atom is 0.176 e. The Bertz CT molecular complexity index is 928. The number of Topliss-reactive ketones (excluding diaryl/α,β-unsaturated/α-hetero) is 1. The van der Waals surface area contributed by atoms with Gasteiger partial charge in [0.15, 0.2) is 5.78 Å². The smallest absolute Gasteiger partial charge is 0.176 e. The molecular formula is C21H19ClN2O3. The van der Waals surface area contributed by atoms with E-state index in [1.807, 2.05) is 41.4 Å². The minimum atomic E-state index is -0.714. The lowest BCUT2D eigenvalue weighted by Crippen LogP contribution is -2.53. The van der Waals surface area contributed by atoms with Crippen LogP contribution in [0.4, 0.5) is 5.69 Å². The van der Waals surface area contributed by atoms with Gasteiger partial charge in [-0.3, -0.25) is 9.80 Å². The van der Waals surface area contributed by atoms with Crippen LogP contribution >= 0.6 is 11.6 Å². The monoisotopic (exact) mass is 382 g/mol. The standard InChI is InChI=1S/C21H19ClN2O3/c1-14(26)20-21(10-5-11-25,15-6-3-2-4-7-15)19-13-27-18-9-8-16(22)12-17(18)24(19)23-20/h2-4,6-9,11-12,19H,5,10,13H2,1H3/t19-,21+/m0/s1. The van der Waals surface area contributed by atoms with Crippen LogP contribution in [0.15, 0.2) is 53.6 Å². The highest BCUT2D eigenvalue weighted by Crippen LogP contribution is 2.48. The predicted molar refractivity (Wildman–Crippen MR) is 105 cm³/mol. The molecule has 5 nitrogen and oxygen atoms in total. The first-order valence-electron chi connectivity index (χ1n) is 8.88. The van der Waals surface area contributed by atoms with E-state index in [0.717, 1.165) is 17.5 Å². The summed E-state index contributed by atoms with van der Waals surface area (Å²) in [6.45, 7) is 1.89. The summed E-state index contributed by atoms with van der Waals surface area (Å²) in [6, 6.07) is 14.9. The van der Waals surface area contributed by atoms with E-state index >= 15 is 0 Å². The van der Waals surface area contributed by atoms with Crippen molar-refractivity contribution in [3.63, 3.8) is 0 Å². The lowest BCUT2D eigenvalue weighted by atomic mass is 9.67. The number of fused-ring (bicyclic) bond motifs is 3. The fraction of sp³-hybridized carbons (Fsp3) is 0.286. The number of nitrogens with zero attached hydrogens (tertiary/aromatic N) is 2. The van der Waals surface area contributed by atoms with E-state index in [9.17, 15) is 9.59 Å². The Morgan fingerprint density at radius 3 is 2.81 bits per heavy atom. The third-order valence-corrected chi connectivity index (χ3v) is 5.57. The number of carbonyl (C=O) groups is 2. The predicted octanol–water partition coefficient (Wildman–Crippen LogP) is 3.78. The quantitative estimate of drug-likeness (QED) is 0.738. The second-order valence-electron chi connectivity index (χ2n) is 6.83. The van der Waals surface area contributed by atoms with E-state index in [2.05, 4.69) is 0 Å². The Morgan fingerprint density at radius 1 is 1.33 bits per heavy atom. The molecule has 2 atom stereocenters. The molecule has 2 aliphatic heterocycles. The molecule has 0 amide bonds. The maximum atomic E-state index is 12.6. The second-order valence-corrected chi connectivity index (χ2v) is 7.27. The number of aldehydes is 1. The summed E-state index contributed by atoms with van der Waals surface area (Å²) < 4.78 is 6.00. The Morgan fingerprint density at radius 2 is 2.11 bits per heavy atom. The van der Waals surface area contributed by atoms with Gasteiger partial charge in [0.05, 0.1) is 5.41 Å². The topological polar surface area (TPSA) is 59.0 Å². The van der Waals surface area contributed by atoms with E-state index in [1.165, 1.54) is 6.92 Å². The first kappa shape index (κ1) is 17.7. The lowest BCUT2D eigenvalue weighted by molar-refractivity contribution is -0.111. The summed E-state index contributed by atoms with van der Waals surface area (Å²) in [6.07, 6.45) is 1.70. The molecule has 2 aromatic carbocycles. The van der Waals surface area contributed by atoms with Crippen molar-refractivity contribution in [3.05, 3.63) is 59.1 Å². The number of rotatable bonds is 5. The highest BCUT2D eigenvalue weighted by Gasteiger charge is 2.55. The summed E-state index contributed by atoms with van der Waals surface area (Å²) in [4.78, 5) is 23.8. The Hall–Kier alpha value is -2.66. The van der Waals surface area contributed by atoms with Gasteiger partial charge in [-0.05, 0) is 30.2 Å². The molecule has 27 heavy (non-hydrogen) atoms. The number of benzene rings is 2. The molecular weight excluding hydrogens is 364 g/mol. The van der Waals surface area contributed by atoms with Crippen LogP contribution in [0.25, 0.3) is 0 Å². The zero-order valence-corrected chi connectivity index (χ0v) is 15.6. The molecule has 0 saturated carbocycles. The van der Waals surface area contributed by atoms with Crippen LogP contribution in [0.3, 0.4) is 0 Å². The highest BCUT2D eigenvalue weighted by atomic mass is 35.5. The van der Waals surface area contributed by atoms with Crippen molar-refractivity contribution < 1.29 is 14.3 Å². The van der Waals surface area contributed by atoms with E-state index in [4.69, 9.17) is 21.4 Å². The zero-order chi connectivity index (χ0) is 19.0. The van der Waals surface area contributed by atoms with Crippen molar-refractivity contribution in [2.75, 3.05) is 11.6 Å². The molecule has 138 valence electrons. The van der Waals surface area contributed by atoms with Crippen molar-refractivity contribution in [1.29, 1.82) is 0 Å². The average Bonchev–Trinajstić information content (AvgIpc) is 3.03. The lowest BCUT2D eigenvalue weighted by Gasteiger charge is -2.41. The number of anilines is 1. The summed E-state index contributed by atoms with van der Waals surface area (Å²) in [5.41, 5.74) is 1.44. The Labute approximate surface area is 162 Å². The van der Waals surface area contributed by atoms with Gasteiger partial charge in [0.1, 0.15) is 36.1 Å². The third-order valence-electron chi connectivity index (χ3n) is 5.34. The van der Waals surface area contributed by atoms with Gasteiger partial charge in [-0.25, -0.2) is 0 Å². The zero-order valence-electron chi connectivity index (χ0n) is 14.9. The molecule has 0 N–H and O–H groups in total. The molecule has 0 fully saturated rings. The van der Waals surface area contributed by atoms with Crippen molar-refractivity contribution in [2.45, 2.75) is 31.2 Å². The molecule has 0 unspecified atom stereocenters. The van der Waals surface area contributed by atoms with E-state index < -0.39 is 5.41 Å². The molecule has 0 aromatic heterocycles. The van der Waals surface area contributed by atoms with Crippen molar-refractivity contribution >= 4 is 35.1 Å². The molecule has 2 aliphatic rings. The normalized spacial score (nSPS) is 23.1. The van der Waals surface area contributed by atoms with Crippen LogP contribution in [-0.4, -0.2) is 30.4 Å². The average molecular weight is 383 g/mol. The molecule has 2 heterocycles. The van der Waals surface area contributed by atoms with Gasteiger partial charge in [0, 0.05) is 18.4 Å². The SMILES string of the molecule is CC(=O)C1=NN2c3cc(Cl)ccc3OC[C@H]2[C@@]1(CCC=O)c1ccccc1. The van der Waals surface area contributed by atoms with Gasteiger partial charge < -0.3 is 9.53 Å². The number of halogens is 1. The number of hydrogen-bond donors (Lipinski definition) is 0. The van der Waals surface area contributed by atoms with E-state index in [0.29, 0.717) is 35.9 Å². The fourth-order valence-corrected chi connectivity index (χ4v) is 4.36. The van der Waals surface area contributed by atoms with Crippen LogP contribution in [0.1, 0.15) is 25.3 Å². The van der Waals surface area contributed by atoms with Gasteiger partial charge in [-0.15, -0.1) is 0 Å². The molecule has 6 heteroatoms. The number of carbonyl (C=O) groups excluding carboxylic acids is 2. The minimum Gasteiger partial charge on any atom is -0.489 e. The van der Waals surface area contributed by atoms with Crippen molar-refractivity contribution in [2.24, 2.45) is 5.10 Å². The summed E-state index contributed by atoms with van der Waals surface area (Å²) in [5.74, 6) is 0.573. The van der Waals surface area contributed by atoms with Gasteiger partial charge >= 0.3 is 0 Å². The Kier molecular flexibility index (Phi) is 4.48. The second kappa shape index (κ2) is 6.82. The fourth-order valence-electron chi connectivity index (χ4n) is 4.19. The van der Waals surface area contributed by atoms with Crippen LogP contribution in [0.5, 0.6) is 5.75 Å². The van der Waals surface area contributed by atoms with Crippen LogP contribution in [0, 0.1) is 0 Å². The molecule has 0 bridgehead atoms. The molecule has 0 spiro atoms. The molecule has 4 rings (SSSR count). The number of hydrazone groups is 1. The summed E-state index contributed by atoms with van der Waals surface area (Å²) in [7, 11) is 0. The van der Waals surface area contributed by atoms with Crippen molar-refractivity contribution in [1.82, 2.24) is 0 Å². The van der Waals surface area contributed by atoms with Gasteiger partial charge in [0.25, 0.3) is 0 Å². The minimum absolute atomic E-state index is 0.109. The van der Waals surface area contributed by atoms with Gasteiger partial charge in [0.2, 0.25) is 0 Å². The van der Waals surface area contributed by atoms with Gasteiger partial charge in [-0.2, -0.15) is 5.10 Å². The molecule has 2 aromatic rings. The number of ketones is 1. The third kappa shape index (κ3) is 2.73. The van der Waals surface area contributed by atoms with E-state index in [1.54, 1.807) is 12.1 Å². The summed E-state index contributed by atoms with van der Waals surface area (Å²) >= 11 is 6.19. The van der Waals surface area contributed by atoms with E-state index in [-0.39, 0.29) is 11.8 Å². The molecule has 0 aliphatic carbocycles. The number of hydrogen-bond acceptors (Lipinski definition) is 5. The number of ether oxygens (including phenoxy) is 1. The molecule has 0 radical (unpaired) electrons. The first-order valence-corrected chi connectivity index (χ1v) is 9.26. The van der Waals surface area contributed by atoms with Gasteiger partial charge in [-0.1, -0.05) is 41.9 Å². The highest BCUT2D eigenvalue weighted by molar-refractivity contribution is 6.43. The van der Waals surface area contributed by atoms with Crippen molar-refractivity contribution in [3.8, 4) is 5.75 Å². The largest absolute Gasteiger partial charge is 0.489 e. The summed E-state index contributed by atoms with van der Waals surface area (Å²) in [5, 5.41) is 7.14. The van der Waals surface area contributed by atoms with Crippen LogP contribution in [-0.2, 0) is 15.0 Å². The maximum absolute atomic E-state index is 12.6. The first-order chi connectivity index (χ1) is 13.1. The van der Waals surface area contributed by atoms with Crippen LogP contribution < -0.4 is 9.75 Å². The Balaban J connectivity index is 1.92.